The minimum absolute atomic E-state index is 0.0747. The SMILES string of the molecule is O=c1[nH]c(CNn2cccc2)nc2ccsc12. The van der Waals surface area contributed by atoms with Crippen molar-refractivity contribution >= 4 is 21.6 Å². The number of rotatable bonds is 3. The minimum atomic E-state index is -0.0747. The van der Waals surface area contributed by atoms with E-state index in [1.165, 1.54) is 11.3 Å². The van der Waals surface area contributed by atoms with E-state index >= 15 is 0 Å². The second-order valence-corrected chi connectivity index (χ2v) is 4.49. The first-order valence-electron chi connectivity index (χ1n) is 5.16. The topological polar surface area (TPSA) is 62.7 Å². The highest BCUT2D eigenvalue weighted by Crippen LogP contribution is 2.13. The van der Waals surface area contributed by atoms with Crippen LogP contribution in [0.5, 0.6) is 0 Å². The summed E-state index contributed by atoms with van der Waals surface area (Å²) in [4.78, 5) is 18.8. The van der Waals surface area contributed by atoms with E-state index in [2.05, 4.69) is 15.4 Å². The van der Waals surface area contributed by atoms with Crippen LogP contribution in [0.2, 0.25) is 0 Å². The molecule has 86 valence electrons. The molecule has 0 bridgehead atoms. The van der Waals surface area contributed by atoms with Crippen LogP contribution in [0.25, 0.3) is 10.2 Å². The number of nitrogens with zero attached hydrogens (tertiary/aromatic N) is 2. The predicted octanol–water partition coefficient (Wildman–Crippen LogP) is 1.53. The van der Waals surface area contributed by atoms with Crippen molar-refractivity contribution < 1.29 is 0 Å². The van der Waals surface area contributed by atoms with E-state index in [0.29, 0.717) is 17.1 Å². The average Bonchev–Trinajstić information content (AvgIpc) is 2.97. The van der Waals surface area contributed by atoms with Gasteiger partial charge in [0.25, 0.3) is 5.56 Å². The van der Waals surface area contributed by atoms with Crippen LogP contribution in [-0.4, -0.2) is 14.6 Å². The highest BCUT2D eigenvalue weighted by atomic mass is 32.1. The summed E-state index contributed by atoms with van der Waals surface area (Å²) in [5.74, 6) is 0.634. The molecule has 0 amide bonds. The fourth-order valence-electron chi connectivity index (χ4n) is 1.61. The summed E-state index contributed by atoms with van der Waals surface area (Å²) in [5.41, 5.74) is 3.79. The maximum Gasteiger partial charge on any atom is 0.268 e. The van der Waals surface area contributed by atoms with E-state index < -0.39 is 0 Å². The van der Waals surface area contributed by atoms with Crippen LogP contribution in [-0.2, 0) is 6.54 Å². The van der Waals surface area contributed by atoms with Gasteiger partial charge in [0.1, 0.15) is 10.5 Å². The second kappa shape index (κ2) is 4.06. The monoisotopic (exact) mass is 246 g/mol. The van der Waals surface area contributed by atoms with Crippen molar-refractivity contribution in [2.75, 3.05) is 5.43 Å². The van der Waals surface area contributed by atoms with Gasteiger partial charge in [-0.2, -0.15) is 0 Å². The van der Waals surface area contributed by atoms with Crippen LogP contribution >= 0.6 is 11.3 Å². The van der Waals surface area contributed by atoms with E-state index in [4.69, 9.17) is 0 Å². The molecule has 0 saturated carbocycles. The average molecular weight is 246 g/mol. The van der Waals surface area contributed by atoms with Gasteiger partial charge in [0.05, 0.1) is 12.1 Å². The van der Waals surface area contributed by atoms with Crippen LogP contribution in [0.3, 0.4) is 0 Å². The van der Waals surface area contributed by atoms with Gasteiger partial charge >= 0.3 is 0 Å². The normalized spacial score (nSPS) is 10.8. The molecule has 0 aliphatic rings. The molecule has 5 nitrogen and oxygen atoms in total. The number of nitrogens with one attached hydrogen (secondary N) is 2. The van der Waals surface area contributed by atoms with Crippen LogP contribution in [0.1, 0.15) is 5.82 Å². The van der Waals surface area contributed by atoms with Crippen LogP contribution in [0, 0.1) is 0 Å². The Hall–Kier alpha value is -2.08. The van der Waals surface area contributed by atoms with Crippen molar-refractivity contribution in [3.8, 4) is 0 Å². The van der Waals surface area contributed by atoms with E-state index in [1.807, 2.05) is 40.6 Å². The number of aromatic nitrogens is 3. The molecule has 17 heavy (non-hydrogen) atoms. The van der Waals surface area contributed by atoms with E-state index in [0.717, 1.165) is 5.52 Å². The zero-order chi connectivity index (χ0) is 11.7. The fraction of sp³-hybridized carbons (Fsp3) is 0.0909. The van der Waals surface area contributed by atoms with Gasteiger partial charge in [-0.1, -0.05) is 0 Å². The molecule has 0 fully saturated rings. The highest BCUT2D eigenvalue weighted by Gasteiger charge is 2.04. The first-order valence-corrected chi connectivity index (χ1v) is 6.04. The molecular formula is C11H10N4OS. The summed E-state index contributed by atoms with van der Waals surface area (Å²) in [7, 11) is 0. The quantitative estimate of drug-likeness (QED) is 0.736. The molecule has 0 aliphatic heterocycles. The number of hydrogen-bond acceptors (Lipinski definition) is 4. The van der Waals surface area contributed by atoms with Crippen LogP contribution < -0.4 is 11.0 Å². The highest BCUT2D eigenvalue weighted by molar-refractivity contribution is 7.17. The number of fused-ring (bicyclic) bond motifs is 1. The summed E-state index contributed by atoms with van der Waals surface area (Å²) in [6.07, 6.45) is 3.78. The van der Waals surface area contributed by atoms with Gasteiger partial charge in [-0.05, 0) is 23.6 Å². The number of hydrogen-bond donors (Lipinski definition) is 2. The van der Waals surface area contributed by atoms with Crippen LogP contribution in [0.15, 0.2) is 40.8 Å². The Bertz CT molecular complexity index is 683. The van der Waals surface area contributed by atoms with Crippen molar-refractivity contribution in [3.05, 3.63) is 52.2 Å². The van der Waals surface area contributed by atoms with Gasteiger partial charge in [-0.25, -0.2) is 4.98 Å². The van der Waals surface area contributed by atoms with Gasteiger partial charge in [0.2, 0.25) is 0 Å². The van der Waals surface area contributed by atoms with Gasteiger partial charge in [0.15, 0.2) is 0 Å². The van der Waals surface area contributed by atoms with Crippen molar-refractivity contribution in [1.82, 2.24) is 14.6 Å². The lowest BCUT2D eigenvalue weighted by Crippen LogP contribution is -2.17. The zero-order valence-electron chi connectivity index (χ0n) is 8.88. The Morgan fingerprint density at radius 2 is 2.24 bits per heavy atom. The largest absolute Gasteiger partial charge is 0.319 e. The fourth-order valence-corrected chi connectivity index (χ4v) is 2.34. The van der Waals surface area contributed by atoms with Gasteiger partial charge in [-0.15, -0.1) is 11.3 Å². The van der Waals surface area contributed by atoms with Gasteiger partial charge < -0.3 is 10.4 Å². The minimum Gasteiger partial charge on any atom is -0.319 e. The third-order valence-electron chi connectivity index (χ3n) is 2.40. The molecule has 0 aromatic carbocycles. The van der Waals surface area contributed by atoms with Crippen molar-refractivity contribution in [2.45, 2.75) is 6.54 Å². The smallest absolute Gasteiger partial charge is 0.268 e. The summed E-state index contributed by atoms with van der Waals surface area (Å²) in [5, 5.41) is 1.87. The molecule has 0 radical (unpaired) electrons. The molecule has 3 rings (SSSR count). The van der Waals surface area contributed by atoms with E-state index in [1.54, 1.807) is 0 Å². The lowest BCUT2D eigenvalue weighted by Gasteiger charge is -2.06. The summed E-state index contributed by atoms with van der Waals surface area (Å²) in [6, 6.07) is 5.70. The maximum absolute atomic E-state index is 11.7. The van der Waals surface area contributed by atoms with Crippen LogP contribution in [0.4, 0.5) is 0 Å². The van der Waals surface area contributed by atoms with E-state index in [9.17, 15) is 4.79 Å². The van der Waals surface area contributed by atoms with Gasteiger partial charge in [-0.3, -0.25) is 9.47 Å². The Labute approximate surface area is 101 Å². The summed E-state index contributed by atoms with van der Waals surface area (Å²) >= 11 is 1.41. The van der Waals surface area contributed by atoms with Crippen molar-refractivity contribution in [3.63, 3.8) is 0 Å². The Kier molecular flexibility index (Phi) is 2.41. The second-order valence-electron chi connectivity index (χ2n) is 3.57. The Morgan fingerprint density at radius 1 is 1.41 bits per heavy atom. The number of thiophene rings is 1. The number of aromatic amines is 1. The molecular weight excluding hydrogens is 236 g/mol. The lowest BCUT2D eigenvalue weighted by molar-refractivity contribution is 0.805. The molecule has 2 N–H and O–H groups in total. The standard InChI is InChI=1S/C11H10N4OS/c16-11-10-8(3-6-17-10)13-9(14-11)7-12-15-4-1-2-5-15/h1-6,12H,7H2,(H,13,14,16). The lowest BCUT2D eigenvalue weighted by atomic mass is 10.4. The van der Waals surface area contributed by atoms with Crippen molar-refractivity contribution in [2.24, 2.45) is 0 Å². The molecule has 6 heteroatoms. The van der Waals surface area contributed by atoms with Crippen molar-refractivity contribution in [1.29, 1.82) is 0 Å². The third kappa shape index (κ3) is 1.94. The molecule has 0 unspecified atom stereocenters. The molecule has 3 heterocycles. The first kappa shape index (κ1) is 10.1. The first-order chi connectivity index (χ1) is 8.33. The summed E-state index contributed by atoms with van der Waals surface area (Å²) in [6.45, 7) is 0.482. The maximum atomic E-state index is 11.7. The Morgan fingerprint density at radius 3 is 3.06 bits per heavy atom. The molecule has 0 saturated heterocycles. The third-order valence-corrected chi connectivity index (χ3v) is 3.30. The molecule has 0 atom stereocenters. The zero-order valence-corrected chi connectivity index (χ0v) is 9.70. The Balaban J connectivity index is 1.88. The number of H-pyrrole nitrogens is 1. The molecule has 0 aliphatic carbocycles. The summed E-state index contributed by atoms with van der Waals surface area (Å²) < 4.78 is 2.49. The molecule has 0 spiro atoms. The predicted molar refractivity (Wildman–Crippen MR) is 67.7 cm³/mol. The van der Waals surface area contributed by atoms with E-state index in [-0.39, 0.29) is 5.56 Å². The van der Waals surface area contributed by atoms with Gasteiger partial charge in [0, 0.05) is 12.4 Å². The molecule has 3 aromatic heterocycles. The molecule has 3 aromatic rings.